The molecule has 1 amide bonds. The first kappa shape index (κ1) is 16.8. The van der Waals surface area contributed by atoms with Crippen molar-refractivity contribution in [3.8, 4) is 0 Å². The first-order valence-corrected chi connectivity index (χ1v) is 9.46. The number of halogens is 1. The van der Waals surface area contributed by atoms with E-state index in [0.29, 0.717) is 13.2 Å². The Morgan fingerprint density at radius 3 is 2.88 bits per heavy atom. The van der Waals surface area contributed by atoms with Gasteiger partial charge in [-0.05, 0) is 30.7 Å². The van der Waals surface area contributed by atoms with Crippen molar-refractivity contribution in [3.63, 3.8) is 0 Å². The molecule has 4 atom stereocenters. The molecule has 132 valence electrons. The molecule has 1 aromatic carbocycles. The van der Waals surface area contributed by atoms with Gasteiger partial charge in [-0.2, -0.15) is 0 Å². The Balaban J connectivity index is 1.59. The van der Waals surface area contributed by atoms with Gasteiger partial charge in [0.1, 0.15) is 11.5 Å². The summed E-state index contributed by atoms with van der Waals surface area (Å²) in [7, 11) is 0. The number of nitrogens with zero attached hydrogens (tertiary/aromatic N) is 1. The van der Waals surface area contributed by atoms with Crippen molar-refractivity contribution in [2.45, 2.75) is 31.5 Å². The lowest BCUT2D eigenvalue weighted by Gasteiger charge is -2.22. The second kappa shape index (κ2) is 6.25. The summed E-state index contributed by atoms with van der Waals surface area (Å²) in [6.45, 7) is 2.87. The highest BCUT2D eigenvalue weighted by Crippen LogP contribution is 2.52. The Labute approximate surface area is 155 Å². The molecule has 0 saturated carbocycles. The van der Waals surface area contributed by atoms with Crippen molar-refractivity contribution in [2.24, 2.45) is 11.8 Å². The number of unbranched alkanes of at least 4 members (excludes halogenated alkanes) is 1. The predicted molar refractivity (Wildman–Crippen MR) is 96.1 cm³/mol. The molecule has 0 unspecified atom stereocenters. The minimum Gasteiger partial charge on any atom is -0.465 e. The summed E-state index contributed by atoms with van der Waals surface area (Å²) in [5.41, 5.74) is 0.110. The lowest BCUT2D eigenvalue weighted by atomic mass is 9.77. The number of hydrogen-bond acceptors (Lipinski definition) is 4. The molecule has 3 aliphatic heterocycles. The number of hydrogen-bond donors (Lipinski definition) is 0. The number of ether oxygens (including phenoxy) is 2. The van der Waals surface area contributed by atoms with Gasteiger partial charge >= 0.3 is 5.97 Å². The maximum atomic E-state index is 13.1. The molecule has 2 bridgehead atoms. The molecule has 0 aromatic heterocycles. The van der Waals surface area contributed by atoms with Crippen molar-refractivity contribution < 1.29 is 19.1 Å². The molecule has 0 radical (unpaired) electrons. The van der Waals surface area contributed by atoms with Crippen LogP contribution in [0.5, 0.6) is 0 Å². The van der Waals surface area contributed by atoms with Gasteiger partial charge in [-0.3, -0.25) is 9.59 Å². The molecule has 25 heavy (non-hydrogen) atoms. The van der Waals surface area contributed by atoms with E-state index in [1.807, 2.05) is 43.3 Å². The first-order valence-electron chi connectivity index (χ1n) is 8.66. The maximum Gasteiger partial charge on any atom is 0.312 e. The summed E-state index contributed by atoms with van der Waals surface area (Å²) in [6, 6.07) is 7.59. The van der Waals surface area contributed by atoms with Gasteiger partial charge < -0.3 is 14.4 Å². The Kier molecular flexibility index (Phi) is 4.20. The molecule has 1 aromatic rings. The van der Waals surface area contributed by atoms with Crippen LogP contribution in [0.25, 0.3) is 0 Å². The van der Waals surface area contributed by atoms with Crippen LogP contribution in [0.15, 0.2) is 40.9 Å². The molecular weight excluding hydrogens is 386 g/mol. The van der Waals surface area contributed by atoms with Crippen LogP contribution >= 0.6 is 15.9 Å². The summed E-state index contributed by atoms with van der Waals surface area (Å²) in [5, 5.41) is 0. The van der Waals surface area contributed by atoms with Crippen molar-refractivity contribution in [1.82, 2.24) is 0 Å². The summed E-state index contributed by atoms with van der Waals surface area (Å²) in [4.78, 5) is 27.4. The Bertz CT molecular complexity index is 731. The van der Waals surface area contributed by atoms with E-state index < -0.39 is 17.4 Å². The van der Waals surface area contributed by atoms with Crippen molar-refractivity contribution in [2.75, 3.05) is 18.1 Å². The topological polar surface area (TPSA) is 55.8 Å². The molecule has 2 fully saturated rings. The molecule has 5 nitrogen and oxygen atoms in total. The summed E-state index contributed by atoms with van der Waals surface area (Å²) < 4.78 is 12.4. The molecule has 0 aliphatic carbocycles. The third kappa shape index (κ3) is 2.62. The van der Waals surface area contributed by atoms with E-state index in [1.54, 1.807) is 4.90 Å². The number of carbonyl (C=O) groups excluding carboxylic acids is 2. The molecule has 0 N–H and O–H groups in total. The highest BCUT2D eigenvalue weighted by atomic mass is 79.9. The third-order valence-corrected chi connectivity index (χ3v) is 5.78. The van der Waals surface area contributed by atoms with Crippen molar-refractivity contribution in [3.05, 3.63) is 40.9 Å². The van der Waals surface area contributed by atoms with Crippen molar-refractivity contribution >= 4 is 33.5 Å². The fraction of sp³-hybridized carbons (Fsp3) is 0.474. The molecule has 6 heteroatoms. The summed E-state index contributed by atoms with van der Waals surface area (Å²) in [6.07, 6.45) is 5.29. The highest BCUT2D eigenvalue weighted by molar-refractivity contribution is 9.10. The van der Waals surface area contributed by atoms with Crippen LogP contribution in [-0.2, 0) is 19.1 Å². The first-order chi connectivity index (χ1) is 12.1. The van der Waals surface area contributed by atoms with E-state index >= 15 is 0 Å². The normalized spacial score (nSPS) is 32.3. The van der Waals surface area contributed by atoms with E-state index in [4.69, 9.17) is 9.47 Å². The Morgan fingerprint density at radius 2 is 2.16 bits per heavy atom. The third-order valence-electron chi connectivity index (χ3n) is 5.25. The highest BCUT2D eigenvalue weighted by Gasteiger charge is 2.67. The van der Waals surface area contributed by atoms with E-state index in [9.17, 15) is 9.59 Å². The van der Waals surface area contributed by atoms with Crippen LogP contribution in [0.4, 0.5) is 5.69 Å². The Morgan fingerprint density at radius 1 is 1.40 bits per heavy atom. The van der Waals surface area contributed by atoms with E-state index in [-0.39, 0.29) is 18.0 Å². The lowest BCUT2D eigenvalue weighted by Crippen LogP contribution is -2.40. The summed E-state index contributed by atoms with van der Waals surface area (Å²) >= 11 is 3.41. The standard InChI is InChI=1S/C19H20BrNO4/c1-2-3-10-24-18(23)15-14-8-9-19(25-14)11-21(17(22)16(15)19)13-6-4-12(20)5-7-13/h4-9,14-16H,2-3,10-11H2,1H3/t14-,15-,16-,19+/m0/s1. The number of rotatable bonds is 5. The zero-order valence-electron chi connectivity index (χ0n) is 14.0. The number of benzene rings is 1. The number of amides is 1. The molecule has 3 aliphatic rings. The lowest BCUT2D eigenvalue weighted by molar-refractivity contribution is -0.152. The SMILES string of the molecule is CCCCOC(=O)[C@H]1[C@@H]2C=C[C@]3(CN(c4ccc(Br)cc4)C(=O)[C@H]13)O2. The average molecular weight is 406 g/mol. The van der Waals surface area contributed by atoms with Crippen LogP contribution in [0.2, 0.25) is 0 Å². The predicted octanol–water partition coefficient (Wildman–Crippen LogP) is 3.08. The summed E-state index contributed by atoms with van der Waals surface area (Å²) in [5.74, 6) is -1.43. The minimum atomic E-state index is -0.705. The monoisotopic (exact) mass is 405 g/mol. The number of fused-ring (bicyclic) bond motifs is 1. The quantitative estimate of drug-likeness (QED) is 0.429. The van der Waals surface area contributed by atoms with E-state index in [1.165, 1.54) is 0 Å². The molecule has 4 rings (SSSR count). The van der Waals surface area contributed by atoms with Gasteiger partial charge in [0.15, 0.2) is 0 Å². The fourth-order valence-corrected chi connectivity index (χ4v) is 4.28. The van der Waals surface area contributed by atoms with Gasteiger partial charge in [0.2, 0.25) is 5.91 Å². The van der Waals surface area contributed by atoms with E-state index in [0.717, 1.165) is 23.0 Å². The fourth-order valence-electron chi connectivity index (χ4n) is 4.02. The largest absolute Gasteiger partial charge is 0.465 e. The number of anilines is 1. The van der Waals surface area contributed by atoms with Crippen LogP contribution < -0.4 is 4.90 Å². The van der Waals surface area contributed by atoms with Gasteiger partial charge in [-0.1, -0.05) is 41.4 Å². The Hall–Kier alpha value is -1.66. The zero-order valence-corrected chi connectivity index (χ0v) is 15.6. The second-order valence-electron chi connectivity index (χ2n) is 6.82. The molecule has 3 heterocycles. The van der Waals surface area contributed by atoms with Crippen LogP contribution in [-0.4, -0.2) is 36.7 Å². The van der Waals surface area contributed by atoms with Crippen LogP contribution in [0.1, 0.15) is 19.8 Å². The van der Waals surface area contributed by atoms with E-state index in [2.05, 4.69) is 15.9 Å². The van der Waals surface area contributed by atoms with Gasteiger partial charge in [0, 0.05) is 10.2 Å². The number of carbonyl (C=O) groups is 2. The second-order valence-corrected chi connectivity index (χ2v) is 7.74. The molecule has 1 spiro atoms. The zero-order chi connectivity index (χ0) is 17.6. The molecular formula is C19H20BrNO4. The smallest absolute Gasteiger partial charge is 0.312 e. The molecule has 2 saturated heterocycles. The van der Waals surface area contributed by atoms with Crippen molar-refractivity contribution in [1.29, 1.82) is 0 Å². The van der Waals surface area contributed by atoms with Gasteiger partial charge in [-0.15, -0.1) is 0 Å². The van der Waals surface area contributed by atoms with Gasteiger partial charge in [0.05, 0.1) is 25.2 Å². The van der Waals surface area contributed by atoms with Crippen LogP contribution in [0, 0.1) is 11.8 Å². The average Bonchev–Trinajstić information content (AvgIpc) is 3.24. The van der Waals surface area contributed by atoms with Gasteiger partial charge in [-0.25, -0.2) is 0 Å². The minimum absolute atomic E-state index is 0.0633. The van der Waals surface area contributed by atoms with Gasteiger partial charge in [0.25, 0.3) is 0 Å². The van der Waals surface area contributed by atoms with Crippen LogP contribution in [0.3, 0.4) is 0 Å². The number of esters is 1. The maximum absolute atomic E-state index is 13.1.